The summed E-state index contributed by atoms with van der Waals surface area (Å²) < 4.78 is 32.8. The molecule has 0 saturated heterocycles. The van der Waals surface area contributed by atoms with Crippen molar-refractivity contribution in [2.24, 2.45) is 5.73 Å². The highest BCUT2D eigenvalue weighted by Crippen LogP contribution is 2.32. The third-order valence-corrected chi connectivity index (χ3v) is 6.67. The predicted octanol–water partition coefficient (Wildman–Crippen LogP) is 2.84. The van der Waals surface area contributed by atoms with Gasteiger partial charge in [-0.3, -0.25) is 0 Å². The zero-order valence-corrected chi connectivity index (χ0v) is 14.0. The number of rotatable bonds is 5. The molecule has 114 valence electrons. The quantitative estimate of drug-likeness (QED) is 0.871. The Morgan fingerprint density at radius 2 is 2.05 bits per heavy atom. The van der Waals surface area contributed by atoms with Crippen LogP contribution >= 0.6 is 15.9 Å². The van der Waals surface area contributed by atoms with Gasteiger partial charge >= 0.3 is 0 Å². The number of halogens is 1. The van der Waals surface area contributed by atoms with Crippen molar-refractivity contribution in [3.8, 4) is 0 Å². The minimum absolute atomic E-state index is 0.0990. The molecule has 2 rings (SSSR count). The van der Waals surface area contributed by atoms with Crippen LogP contribution in [0.25, 0.3) is 0 Å². The first-order valence-electron chi connectivity index (χ1n) is 7.00. The Bertz CT molecular complexity index is 550. The maximum atomic E-state index is 12.8. The molecule has 0 atom stereocenters. The first-order chi connectivity index (χ1) is 9.50. The van der Waals surface area contributed by atoms with Gasteiger partial charge in [-0.05, 0) is 28.8 Å². The molecule has 7 heteroatoms. The standard InChI is InChI=1S/C13H21BrN2O3S/c1-2-16(10-6-4-3-5-7-10)20(17,18)12-8-11(9-15)19-13(12)14/h8,10H,2-7,9,15H2,1H3. The maximum absolute atomic E-state index is 12.8. The molecule has 0 bridgehead atoms. The van der Waals surface area contributed by atoms with E-state index in [1.807, 2.05) is 6.92 Å². The van der Waals surface area contributed by atoms with Crippen LogP contribution < -0.4 is 5.73 Å². The summed E-state index contributed by atoms with van der Waals surface area (Å²) in [5.41, 5.74) is 5.50. The summed E-state index contributed by atoms with van der Waals surface area (Å²) in [5.74, 6) is 0.468. The minimum atomic E-state index is -3.53. The highest BCUT2D eigenvalue weighted by atomic mass is 79.9. The van der Waals surface area contributed by atoms with Crippen LogP contribution in [-0.2, 0) is 16.6 Å². The summed E-state index contributed by atoms with van der Waals surface area (Å²) >= 11 is 3.19. The number of nitrogens with two attached hydrogens (primary N) is 1. The molecule has 0 spiro atoms. The van der Waals surface area contributed by atoms with E-state index in [0.717, 1.165) is 25.7 Å². The molecule has 1 saturated carbocycles. The number of hydrogen-bond donors (Lipinski definition) is 1. The molecular formula is C13H21BrN2O3S. The zero-order chi connectivity index (χ0) is 14.8. The smallest absolute Gasteiger partial charge is 0.247 e. The second-order valence-electron chi connectivity index (χ2n) is 5.06. The molecule has 2 N–H and O–H groups in total. The largest absolute Gasteiger partial charge is 0.452 e. The summed E-state index contributed by atoms with van der Waals surface area (Å²) in [7, 11) is -3.53. The molecule has 0 radical (unpaired) electrons. The molecule has 1 aliphatic rings. The van der Waals surface area contributed by atoms with Gasteiger partial charge in [-0.25, -0.2) is 8.42 Å². The third kappa shape index (κ3) is 3.10. The van der Waals surface area contributed by atoms with Crippen LogP contribution in [0.15, 0.2) is 20.0 Å². The van der Waals surface area contributed by atoms with Gasteiger partial charge in [0.1, 0.15) is 10.7 Å². The molecule has 0 amide bonds. The van der Waals surface area contributed by atoms with Crippen LogP contribution in [0.3, 0.4) is 0 Å². The lowest BCUT2D eigenvalue weighted by molar-refractivity contribution is 0.261. The number of hydrogen-bond acceptors (Lipinski definition) is 4. The molecule has 0 aromatic carbocycles. The number of furan rings is 1. The molecule has 0 unspecified atom stereocenters. The van der Waals surface area contributed by atoms with Gasteiger partial charge in [-0.2, -0.15) is 4.31 Å². The lowest BCUT2D eigenvalue weighted by Gasteiger charge is -2.32. The van der Waals surface area contributed by atoms with E-state index in [0.29, 0.717) is 12.3 Å². The van der Waals surface area contributed by atoms with E-state index in [-0.39, 0.29) is 22.2 Å². The van der Waals surface area contributed by atoms with E-state index >= 15 is 0 Å². The van der Waals surface area contributed by atoms with E-state index < -0.39 is 10.0 Å². The first-order valence-corrected chi connectivity index (χ1v) is 9.24. The minimum Gasteiger partial charge on any atom is -0.452 e. The fraction of sp³-hybridized carbons (Fsp3) is 0.692. The molecule has 1 aromatic rings. The summed E-state index contributed by atoms with van der Waals surface area (Å²) in [4.78, 5) is 0.186. The molecule has 1 aromatic heterocycles. The van der Waals surface area contributed by atoms with Crippen molar-refractivity contribution in [2.75, 3.05) is 6.54 Å². The predicted molar refractivity (Wildman–Crippen MR) is 80.7 cm³/mol. The van der Waals surface area contributed by atoms with Crippen molar-refractivity contribution in [3.63, 3.8) is 0 Å². The molecule has 1 aliphatic carbocycles. The van der Waals surface area contributed by atoms with E-state index in [9.17, 15) is 8.42 Å². The Morgan fingerprint density at radius 3 is 2.55 bits per heavy atom. The second-order valence-corrected chi connectivity index (χ2v) is 7.63. The van der Waals surface area contributed by atoms with E-state index in [1.54, 1.807) is 4.31 Å². The van der Waals surface area contributed by atoms with Gasteiger partial charge in [0.15, 0.2) is 4.67 Å². The second kappa shape index (κ2) is 6.60. The fourth-order valence-electron chi connectivity index (χ4n) is 2.79. The van der Waals surface area contributed by atoms with Crippen LogP contribution in [0.5, 0.6) is 0 Å². The van der Waals surface area contributed by atoms with Gasteiger partial charge in [-0.1, -0.05) is 26.2 Å². The molecule has 5 nitrogen and oxygen atoms in total. The Hall–Kier alpha value is -0.370. The van der Waals surface area contributed by atoms with Crippen LogP contribution in [0.2, 0.25) is 0 Å². The zero-order valence-electron chi connectivity index (χ0n) is 11.6. The number of sulfonamides is 1. The summed E-state index contributed by atoms with van der Waals surface area (Å²) in [6, 6.07) is 1.62. The van der Waals surface area contributed by atoms with Crippen molar-refractivity contribution < 1.29 is 12.8 Å². The van der Waals surface area contributed by atoms with Gasteiger partial charge in [0.05, 0.1) is 6.54 Å². The van der Waals surface area contributed by atoms with Crippen molar-refractivity contribution in [1.82, 2.24) is 4.31 Å². The summed E-state index contributed by atoms with van der Waals surface area (Å²) in [6.07, 6.45) is 5.26. The topological polar surface area (TPSA) is 76.5 Å². The molecule has 0 aliphatic heterocycles. The average Bonchev–Trinajstić information content (AvgIpc) is 2.82. The van der Waals surface area contributed by atoms with E-state index in [1.165, 1.54) is 12.5 Å². The highest BCUT2D eigenvalue weighted by molar-refractivity contribution is 9.10. The van der Waals surface area contributed by atoms with Crippen LogP contribution in [0, 0.1) is 0 Å². The Morgan fingerprint density at radius 1 is 1.40 bits per heavy atom. The molecule has 1 heterocycles. The van der Waals surface area contributed by atoms with Gasteiger partial charge in [0.25, 0.3) is 0 Å². The highest BCUT2D eigenvalue weighted by Gasteiger charge is 2.34. The van der Waals surface area contributed by atoms with Gasteiger partial charge in [0, 0.05) is 18.7 Å². The maximum Gasteiger partial charge on any atom is 0.247 e. The van der Waals surface area contributed by atoms with Crippen LogP contribution in [0.1, 0.15) is 44.8 Å². The fourth-order valence-corrected chi connectivity index (χ4v) is 5.45. The normalized spacial score (nSPS) is 17.8. The average molecular weight is 365 g/mol. The summed E-state index contributed by atoms with van der Waals surface area (Å²) in [6.45, 7) is 2.54. The van der Waals surface area contributed by atoms with Gasteiger partial charge in [0.2, 0.25) is 10.0 Å². The van der Waals surface area contributed by atoms with Crippen molar-refractivity contribution in [2.45, 2.75) is 56.5 Å². The van der Waals surface area contributed by atoms with Crippen LogP contribution in [-0.4, -0.2) is 25.3 Å². The summed E-state index contributed by atoms with van der Waals surface area (Å²) in [5, 5.41) is 0. The Labute approximate surface area is 128 Å². The Balaban J connectivity index is 2.32. The van der Waals surface area contributed by atoms with Crippen molar-refractivity contribution in [3.05, 3.63) is 16.5 Å². The third-order valence-electron chi connectivity index (χ3n) is 3.79. The number of nitrogens with zero attached hydrogens (tertiary/aromatic N) is 1. The van der Waals surface area contributed by atoms with Gasteiger partial charge in [-0.15, -0.1) is 0 Å². The molecule has 20 heavy (non-hydrogen) atoms. The van der Waals surface area contributed by atoms with Crippen molar-refractivity contribution >= 4 is 26.0 Å². The lowest BCUT2D eigenvalue weighted by atomic mass is 9.95. The first kappa shape index (κ1) is 16.0. The van der Waals surface area contributed by atoms with Crippen molar-refractivity contribution in [1.29, 1.82) is 0 Å². The monoisotopic (exact) mass is 364 g/mol. The molecular weight excluding hydrogens is 344 g/mol. The van der Waals surface area contributed by atoms with E-state index in [2.05, 4.69) is 15.9 Å². The molecule has 1 fully saturated rings. The SMILES string of the molecule is CCN(C1CCCCC1)S(=O)(=O)c1cc(CN)oc1Br. The lowest BCUT2D eigenvalue weighted by Crippen LogP contribution is -2.41. The van der Waals surface area contributed by atoms with Gasteiger partial charge < -0.3 is 10.2 Å². The Kier molecular flexibility index (Phi) is 5.28. The van der Waals surface area contributed by atoms with E-state index in [4.69, 9.17) is 10.2 Å². The van der Waals surface area contributed by atoms with Crippen LogP contribution in [0.4, 0.5) is 0 Å².